The molecule has 2 saturated heterocycles. The molecule has 3 aromatic rings. The molecule has 470 valence electrons. The monoisotopic (exact) mass is 1340 g/mol. The molecule has 0 aliphatic carbocycles. The highest BCUT2D eigenvalue weighted by atomic mass is 79.9. The summed E-state index contributed by atoms with van der Waals surface area (Å²) in [5.74, 6) is -3.20. The normalized spacial score (nSPS) is 24.2. The van der Waals surface area contributed by atoms with Gasteiger partial charge in [-0.15, -0.1) is 0 Å². The number of aryl methyl sites for hydroxylation is 1. The van der Waals surface area contributed by atoms with Crippen LogP contribution in [0.4, 0.5) is 21.0 Å². The van der Waals surface area contributed by atoms with Crippen molar-refractivity contribution in [2.75, 3.05) is 41.6 Å². The lowest BCUT2D eigenvalue weighted by Gasteiger charge is -2.41. The number of rotatable bonds is 26. The Morgan fingerprint density at radius 1 is 0.988 bits per heavy atom. The lowest BCUT2D eigenvalue weighted by molar-refractivity contribution is -0.187. The zero-order valence-electron chi connectivity index (χ0n) is 50.6. The molecule has 0 saturated carbocycles. The Morgan fingerprint density at radius 3 is 2.38 bits per heavy atom. The molecule has 5 amide bonds. The first-order valence-corrected chi connectivity index (χ1v) is 32.3. The van der Waals surface area contributed by atoms with Gasteiger partial charge in [-0.05, 0) is 93.7 Å². The minimum Gasteiger partial charge on any atom is -0.462 e. The van der Waals surface area contributed by atoms with E-state index in [0.29, 0.717) is 69.9 Å². The van der Waals surface area contributed by atoms with E-state index < -0.39 is 83.4 Å². The van der Waals surface area contributed by atoms with Crippen LogP contribution in [0.25, 0.3) is 10.9 Å². The number of primary amides is 1. The number of aromatic nitrogens is 1. The topological polar surface area (TPSA) is 275 Å². The van der Waals surface area contributed by atoms with Crippen molar-refractivity contribution < 1.29 is 62.4 Å². The van der Waals surface area contributed by atoms with Gasteiger partial charge in [0.2, 0.25) is 11.8 Å². The maximum atomic E-state index is 14.5. The smallest absolute Gasteiger partial charge is 0.412 e. The number of nitrogens with one attached hydrogen (secondary N) is 3. The second-order valence-corrected chi connectivity index (χ2v) is 25.6. The van der Waals surface area contributed by atoms with Crippen LogP contribution in [0.2, 0.25) is 5.02 Å². The number of fused-ring (bicyclic) bond motifs is 6. The third kappa shape index (κ3) is 18.7. The van der Waals surface area contributed by atoms with Crippen molar-refractivity contribution in [3.63, 3.8) is 0 Å². The van der Waals surface area contributed by atoms with Gasteiger partial charge in [0, 0.05) is 92.8 Å². The number of methoxy groups -OCH3 is 1. The molecule has 2 fully saturated rings. The Kier molecular flexibility index (Phi) is 25.9. The van der Waals surface area contributed by atoms with E-state index in [1.54, 1.807) is 50.4 Å². The molecule has 9 atom stereocenters. The lowest BCUT2D eigenvalue weighted by Crippen LogP contribution is -2.53. The number of pyridine rings is 1. The van der Waals surface area contributed by atoms with Gasteiger partial charge >= 0.3 is 18.1 Å². The summed E-state index contributed by atoms with van der Waals surface area (Å²) in [6.45, 7) is 11.2. The van der Waals surface area contributed by atoms with Crippen molar-refractivity contribution in [1.29, 1.82) is 0 Å². The molecule has 4 bridgehead atoms. The summed E-state index contributed by atoms with van der Waals surface area (Å²) in [5.41, 5.74) is 6.49. The number of carbonyl (C=O) groups excluding carboxylic acids is 8. The Hall–Kier alpha value is -5.58. The van der Waals surface area contributed by atoms with E-state index in [4.69, 9.17) is 36.3 Å². The summed E-state index contributed by atoms with van der Waals surface area (Å²) in [5, 5.41) is 22.5. The average molecular weight is 1340 g/mol. The maximum Gasteiger partial charge on any atom is 0.412 e. The number of hydrogen-bond donors (Lipinski definition) is 5. The Morgan fingerprint density at radius 2 is 1.70 bits per heavy atom. The number of ketones is 3. The van der Waals surface area contributed by atoms with Gasteiger partial charge in [-0.3, -0.25) is 39.1 Å². The lowest BCUT2D eigenvalue weighted by atomic mass is 9.78. The number of alkyl halides is 2. The maximum absolute atomic E-state index is 14.5. The number of allylic oxidation sites excluding steroid dienone is 3. The zero-order chi connectivity index (χ0) is 63.0. The number of amides is 5. The fourth-order valence-electron chi connectivity index (χ4n) is 11.6. The average Bonchev–Trinajstić information content (AvgIpc) is 1.72. The fraction of sp³-hybridized carbons (Fsp3) is 0.578. The van der Waals surface area contributed by atoms with Crippen molar-refractivity contribution in [1.82, 2.24) is 15.6 Å². The summed E-state index contributed by atoms with van der Waals surface area (Å²) in [6, 6.07) is 8.72. The molecule has 1 aromatic heterocycles. The summed E-state index contributed by atoms with van der Waals surface area (Å²) < 4.78 is 24.3. The molecular formula is C64H85Br2ClN6O13. The molecule has 0 radical (unpaired) electrons. The van der Waals surface area contributed by atoms with Crippen LogP contribution in [0.15, 0.2) is 66.4 Å². The van der Waals surface area contributed by atoms with Crippen molar-refractivity contribution in [3.8, 4) is 0 Å². The quantitative estimate of drug-likeness (QED) is 0.0216. The largest absolute Gasteiger partial charge is 0.462 e. The highest BCUT2D eigenvalue weighted by Gasteiger charge is 2.64. The molecule has 6 rings (SSSR count). The van der Waals surface area contributed by atoms with Crippen LogP contribution in [-0.2, 0) is 60.6 Å². The number of epoxide rings is 1. The number of anilines is 2. The van der Waals surface area contributed by atoms with Gasteiger partial charge in [0.25, 0.3) is 0 Å². The van der Waals surface area contributed by atoms with Crippen molar-refractivity contribution in [3.05, 3.63) is 88.1 Å². The van der Waals surface area contributed by atoms with Crippen LogP contribution in [0, 0.1) is 30.6 Å². The van der Waals surface area contributed by atoms with E-state index in [1.807, 2.05) is 52.8 Å². The molecule has 0 unspecified atom stereocenters. The summed E-state index contributed by atoms with van der Waals surface area (Å²) in [7, 11) is 3.06. The van der Waals surface area contributed by atoms with Crippen LogP contribution >= 0.6 is 43.5 Å². The van der Waals surface area contributed by atoms with E-state index in [0.717, 1.165) is 42.4 Å². The molecular weight excluding hydrogens is 1260 g/mol. The number of nitrogens with zero attached hydrogens (tertiary/aromatic N) is 2. The minimum atomic E-state index is -1.63. The minimum absolute atomic E-state index is 0.00743. The SMILES string of the molecule is CO[C@@H]1/C=C/C=C(\C)Cc2cc(C)c(Cl)c(c2)N(C)C(=O)C[C@H](OC(=O)Nc2ccc(CC(=O)[C@H](CCCNC(N)=O)NC(=O)[C@@H](CC(=O)CCCCCCCC(=O)C(CBr)CBr)C(C)C)c3cccnc23)[C@]2(C)O[C@H]2[C@H](C)[C@@H]2C[C@@]1(O)CC(=O)O2. The number of halogens is 3. The molecule has 86 heavy (non-hydrogen) atoms. The highest BCUT2D eigenvalue weighted by Crippen LogP contribution is 2.50. The number of hydrogen-bond acceptors (Lipinski definition) is 14. The van der Waals surface area contributed by atoms with Crippen LogP contribution < -0.4 is 26.6 Å². The first-order valence-electron chi connectivity index (χ1n) is 29.7. The van der Waals surface area contributed by atoms with E-state index in [2.05, 4.69) is 52.8 Å². The van der Waals surface area contributed by atoms with E-state index in [-0.39, 0.29) is 79.9 Å². The molecule has 19 nitrogen and oxygen atoms in total. The molecule has 6 N–H and O–H groups in total. The highest BCUT2D eigenvalue weighted by molar-refractivity contribution is 9.09. The zero-order valence-corrected chi connectivity index (χ0v) is 54.6. The predicted octanol–water partition coefficient (Wildman–Crippen LogP) is 10.5. The van der Waals surface area contributed by atoms with Crippen LogP contribution in [-0.4, -0.2) is 130 Å². The third-order valence-corrected chi connectivity index (χ3v) is 18.9. The standard InChI is InChI=1S/C64H85Br2ClN6O13/c1-37(2)46(31-44(74)18-12-10-9-11-13-21-50(75)43(35-65)36-66)60(79)71-47(20-16-26-70-61(68)80)51(76)30-42-23-24-48(58-45(42)19-15-25-69-58)72-62(81)85-54-32-55(77)73(7)49-29-41(28-39(4)57(49)67)27-38(3)17-14-22-53(83-8)64(82)33-52(84-56(78)34-64)40(5)59-63(54,6)86-59/h14-15,17,19,22-25,28-29,37,40,43,46-47,52-54,59,82H,9-13,16,18,20-21,26-27,30-36H2,1-8H3,(H,71,79)(H,72,81)(H3,68,70,80)/b22-14+,38-17+/t40-,46+,47+,52+,53-,54+,59+,63+,64-/m1/s1. The van der Waals surface area contributed by atoms with Crippen LogP contribution in [0.1, 0.15) is 135 Å². The van der Waals surface area contributed by atoms with E-state index in [1.165, 1.54) is 18.2 Å². The number of aliphatic hydroxyl groups is 1. The first-order chi connectivity index (χ1) is 40.8. The second-order valence-electron chi connectivity index (χ2n) is 23.9. The van der Waals surface area contributed by atoms with Gasteiger partial charge in [-0.1, -0.05) is 125 Å². The number of urea groups is 1. The molecule has 3 aliphatic rings. The number of carbonyl (C=O) groups is 8. The van der Waals surface area contributed by atoms with Gasteiger partial charge in [0.05, 0.1) is 46.9 Å². The van der Waals surface area contributed by atoms with Crippen molar-refractivity contribution >= 4 is 113 Å². The number of esters is 1. The van der Waals surface area contributed by atoms with E-state index in [9.17, 15) is 43.5 Å². The number of Topliss-reactive ketones (excluding diaryl/α,β-unsaturated/α-hetero) is 3. The van der Waals surface area contributed by atoms with Crippen molar-refractivity contribution in [2.24, 2.45) is 29.4 Å². The number of unbranched alkanes of at least 4 members (excludes halogenated alkanes) is 4. The van der Waals surface area contributed by atoms with Gasteiger partial charge in [0.1, 0.15) is 41.1 Å². The van der Waals surface area contributed by atoms with Gasteiger partial charge < -0.3 is 45.3 Å². The van der Waals surface area contributed by atoms with Gasteiger partial charge in [-0.25, -0.2) is 9.59 Å². The van der Waals surface area contributed by atoms with Gasteiger partial charge in [0.15, 0.2) is 5.78 Å². The van der Waals surface area contributed by atoms with E-state index >= 15 is 0 Å². The van der Waals surface area contributed by atoms with Crippen molar-refractivity contribution in [2.45, 2.75) is 180 Å². The Balaban J connectivity index is 1.19. The summed E-state index contributed by atoms with van der Waals surface area (Å²) >= 11 is 13.7. The Bertz CT molecular complexity index is 3010. The molecule has 22 heteroatoms. The van der Waals surface area contributed by atoms with Crippen LogP contribution in [0.3, 0.4) is 0 Å². The molecule has 4 heterocycles. The fourth-order valence-corrected chi connectivity index (χ4v) is 13.7. The number of ether oxygens (including phenoxy) is 4. The summed E-state index contributed by atoms with van der Waals surface area (Å²) in [6.07, 6.45) is 7.34. The second kappa shape index (κ2) is 32.1. The number of nitrogens with two attached hydrogens (primary N) is 1. The predicted molar refractivity (Wildman–Crippen MR) is 338 cm³/mol. The molecule has 0 spiro atoms. The first kappa shape index (κ1) is 69.5. The molecule has 3 aliphatic heterocycles. The third-order valence-electron chi connectivity index (χ3n) is 16.9. The molecule has 2 aromatic carbocycles. The summed E-state index contributed by atoms with van der Waals surface area (Å²) in [4.78, 5) is 114. The number of benzene rings is 2. The van der Waals surface area contributed by atoms with Crippen LogP contribution in [0.5, 0.6) is 0 Å². The Labute approximate surface area is 526 Å². The van der Waals surface area contributed by atoms with Gasteiger partial charge in [-0.2, -0.15) is 0 Å².